The van der Waals surface area contributed by atoms with Crippen LogP contribution >= 0.6 is 22.9 Å². The lowest BCUT2D eigenvalue weighted by Crippen LogP contribution is -2.17. The first kappa shape index (κ1) is 25.0. The van der Waals surface area contributed by atoms with Crippen molar-refractivity contribution in [1.29, 1.82) is 0 Å². The molecule has 0 spiro atoms. The highest BCUT2D eigenvalue weighted by molar-refractivity contribution is 7.21. The Labute approximate surface area is 222 Å². The lowest BCUT2D eigenvalue weighted by atomic mass is 10.1. The standard InChI is InChI=1S/C27H23ClFN5O2S/c28-22-13-21(8-9-23(22)36-15-18-2-1-3-20(29)12-18)33-25-24-27(32-16-31-25)37-26(34-24)19-6-4-17(5-7-19)14-30-10-11-35/h1-9,12-13,16,30,35H,10-11,14-15H2,(H,31,32,33). The number of ether oxygens (including phenoxy) is 1. The number of rotatable bonds is 10. The van der Waals surface area contributed by atoms with Gasteiger partial charge in [0.2, 0.25) is 0 Å². The number of nitrogens with one attached hydrogen (secondary N) is 2. The van der Waals surface area contributed by atoms with Crippen LogP contribution in [0.25, 0.3) is 20.9 Å². The second-order valence-electron chi connectivity index (χ2n) is 8.18. The Kier molecular flexibility index (Phi) is 7.86. The summed E-state index contributed by atoms with van der Waals surface area (Å²) in [5.74, 6) is 0.758. The minimum Gasteiger partial charge on any atom is -0.487 e. The van der Waals surface area contributed by atoms with Crippen LogP contribution in [0, 0.1) is 5.82 Å². The van der Waals surface area contributed by atoms with Gasteiger partial charge in [-0.05, 0) is 41.5 Å². The summed E-state index contributed by atoms with van der Waals surface area (Å²) in [6.07, 6.45) is 1.50. The second kappa shape index (κ2) is 11.6. The van der Waals surface area contributed by atoms with Gasteiger partial charge in [-0.15, -0.1) is 0 Å². The fraction of sp³-hybridized carbons (Fsp3) is 0.148. The molecule has 188 valence electrons. The summed E-state index contributed by atoms with van der Waals surface area (Å²) in [6.45, 7) is 1.57. The molecular weight excluding hydrogens is 513 g/mol. The summed E-state index contributed by atoms with van der Waals surface area (Å²) in [4.78, 5) is 14.3. The molecule has 0 aliphatic rings. The number of anilines is 2. The average Bonchev–Trinajstić information content (AvgIpc) is 3.34. The van der Waals surface area contributed by atoms with Gasteiger partial charge in [-0.1, -0.05) is 59.3 Å². The van der Waals surface area contributed by atoms with Crippen LogP contribution in [-0.2, 0) is 13.2 Å². The third-order valence-electron chi connectivity index (χ3n) is 5.49. The van der Waals surface area contributed by atoms with Crippen LogP contribution in [-0.4, -0.2) is 33.2 Å². The molecule has 0 saturated heterocycles. The van der Waals surface area contributed by atoms with E-state index < -0.39 is 0 Å². The Morgan fingerprint density at radius 2 is 1.86 bits per heavy atom. The number of fused-ring (bicyclic) bond motifs is 1. The van der Waals surface area contributed by atoms with Crippen molar-refractivity contribution in [2.24, 2.45) is 0 Å². The molecular formula is C27H23ClFN5O2S. The van der Waals surface area contributed by atoms with Crippen molar-refractivity contribution in [1.82, 2.24) is 20.3 Å². The lowest BCUT2D eigenvalue weighted by molar-refractivity contribution is 0.292. The Balaban J connectivity index is 1.30. The molecule has 0 amide bonds. The van der Waals surface area contributed by atoms with E-state index in [1.54, 1.807) is 24.3 Å². The van der Waals surface area contributed by atoms with Crippen LogP contribution in [0.1, 0.15) is 11.1 Å². The Morgan fingerprint density at radius 1 is 1.00 bits per heavy atom. The van der Waals surface area contributed by atoms with Crippen molar-refractivity contribution < 1.29 is 14.2 Å². The van der Waals surface area contributed by atoms with Crippen LogP contribution in [0.4, 0.5) is 15.9 Å². The third kappa shape index (κ3) is 6.20. The van der Waals surface area contributed by atoms with Gasteiger partial charge in [-0.3, -0.25) is 0 Å². The number of benzene rings is 3. The van der Waals surface area contributed by atoms with Crippen molar-refractivity contribution in [2.75, 3.05) is 18.5 Å². The largest absolute Gasteiger partial charge is 0.487 e. The van der Waals surface area contributed by atoms with E-state index in [1.807, 2.05) is 30.3 Å². The molecule has 0 fully saturated rings. The maximum absolute atomic E-state index is 13.4. The van der Waals surface area contributed by atoms with Gasteiger partial charge in [0.15, 0.2) is 5.82 Å². The van der Waals surface area contributed by atoms with Gasteiger partial charge in [0.1, 0.15) is 39.9 Å². The third-order valence-corrected chi connectivity index (χ3v) is 6.80. The number of aliphatic hydroxyl groups excluding tert-OH is 1. The zero-order valence-electron chi connectivity index (χ0n) is 19.6. The SMILES string of the molecule is OCCNCc1ccc(-c2nc3c(Nc4ccc(OCc5cccc(F)c5)c(Cl)c4)ncnc3s2)cc1. The lowest BCUT2D eigenvalue weighted by Gasteiger charge is -2.11. The summed E-state index contributed by atoms with van der Waals surface area (Å²) in [5.41, 5.74) is 4.22. The van der Waals surface area contributed by atoms with Gasteiger partial charge in [0.25, 0.3) is 0 Å². The Hall–Kier alpha value is -3.63. The highest BCUT2D eigenvalue weighted by Crippen LogP contribution is 2.34. The van der Waals surface area contributed by atoms with Crippen LogP contribution in [0.15, 0.2) is 73.1 Å². The molecule has 0 aliphatic carbocycles. The molecule has 0 aliphatic heterocycles. The van der Waals surface area contributed by atoms with Crippen molar-refractivity contribution in [3.63, 3.8) is 0 Å². The zero-order valence-corrected chi connectivity index (χ0v) is 21.2. The average molecular weight is 536 g/mol. The topological polar surface area (TPSA) is 92.2 Å². The molecule has 0 atom stereocenters. The molecule has 2 aromatic heterocycles. The van der Waals surface area contributed by atoms with Gasteiger partial charge in [-0.25, -0.2) is 19.3 Å². The second-order valence-corrected chi connectivity index (χ2v) is 9.57. The number of aliphatic hydroxyl groups is 1. The monoisotopic (exact) mass is 535 g/mol. The smallest absolute Gasteiger partial charge is 0.161 e. The van der Waals surface area contributed by atoms with Crippen LogP contribution < -0.4 is 15.4 Å². The van der Waals surface area contributed by atoms with Crippen molar-refractivity contribution >= 4 is 44.8 Å². The van der Waals surface area contributed by atoms with E-state index in [9.17, 15) is 4.39 Å². The molecule has 5 aromatic rings. The number of hydrogen-bond donors (Lipinski definition) is 3. The molecule has 37 heavy (non-hydrogen) atoms. The summed E-state index contributed by atoms with van der Waals surface area (Å²) in [6, 6.07) is 19.7. The minimum absolute atomic E-state index is 0.113. The molecule has 0 saturated carbocycles. The van der Waals surface area contributed by atoms with Crippen LogP contribution in [0.3, 0.4) is 0 Å². The number of aromatic nitrogens is 3. The number of halogens is 2. The summed E-state index contributed by atoms with van der Waals surface area (Å²) in [7, 11) is 0. The first-order valence-electron chi connectivity index (χ1n) is 11.6. The maximum atomic E-state index is 13.4. The number of hydrogen-bond acceptors (Lipinski definition) is 8. The van der Waals surface area contributed by atoms with E-state index in [0.717, 1.165) is 26.7 Å². The molecule has 5 rings (SSSR count). The number of nitrogens with zero attached hydrogens (tertiary/aromatic N) is 3. The van der Waals surface area contributed by atoms with Crippen molar-refractivity contribution in [3.05, 3.63) is 95.0 Å². The molecule has 7 nitrogen and oxygen atoms in total. The Bertz CT molecular complexity index is 1510. The molecule has 3 aromatic carbocycles. The van der Waals surface area contributed by atoms with E-state index in [4.69, 9.17) is 26.4 Å². The highest BCUT2D eigenvalue weighted by atomic mass is 35.5. The fourth-order valence-corrected chi connectivity index (χ4v) is 4.81. The summed E-state index contributed by atoms with van der Waals surface area (Å²) < 4.78 is 19.2. The van der Waals surface area contributed by atoms with Crippen LogP contribution in [0.2, 0.25) is 5.02 Å². The predicted octanol–water partition coefficient (Wildman–Crippen LogP) is 5.95. The summed E-state index contributed by atoms with van der Waals surface area (Å²) >= 11 is 7.94. The predicted molar refractivity (Wildman–Crippen MR) is 145 cm³/mol. The van der Waals surface area contributed by atoms with Gasteiger partial charge >= 0.3 is 0 Å². The van der Waals surface area contributed by atoms with Gasteiger partial charge in [0.05, 0.1) is 11.6 Å². The maximum Gasteiger partial charge on any atom is 0.161 e. The van der Waals surface area contributed by atoms with E-state index in [2.05, 4.69) is 20.6 Å². The first-order chi connectivity index (χ1) is 18.1. The van der Waals surface area contributed by atoms with E-state index in [0.29, 0.717) is 40.8 Å². The van der Waals surface area contributed by atoms with E-state index in [-0.39, 0.29) is 19.0 Å². The van der Waals surface area contributed by atoms with Crippen molar-refractivity contribution in [3.8, 4) is 16.3 Å². The first-order valence-corrected chi connectivity index (χ1v) is 12.7. The molecule has 0 unspecified atom stereocenters. The molecule has 10 heteroatoms. The van der Waals surface area contributed by atoms with Gasteiger partial charge in [0, 0.05) is 24.3 Å². The van der Waals surface area contributed by atoms with Gasteiger partial charge in [-0.2, -0.15) is 0 Å². The molecule has 3 N–H and O–H groups in total. The van der Waals surface area contributed by atoms with Gasteiger partial charge < -0.3 is 20.5 Å². The fourth-order valence-electron chi connectivity index (χ4n) is 3.67. The highest BCUT2D eigenvalue weighted by Gasteiger charge is 2.13. The molecule has 0 radical (unpaired) electrons. The zero-order chi connectivity index (χ0) is 25.6. The molecule has 2 heterocycles. The van der Waals surface area contributed by atoms with E-state index >= 15 is 0 Å². The Morgan fingerprint density at radius 3 is 2.65 bits per heavy atom. The van der Waals surface area contributed by atoms with E-state index in [1.165, 1.54) is 29.8 Å². The minimum atomic E-state index is -0.309. The quantitative estimate of drug-likeness (QED) is 0.190. The molecule has 0 bridgehead atoms. The summed E-state index contributed by atoms with van der Waals surface area (Å²) in [5, 5.41) is 16.6. The van der Waals surface area contributed by atoms with Crippen molar-refractivity contribution in [2.45, 2.75) is 13.2 Å². The number of thiazole rings is 1. The normalized spacial score (nSPS) is 11.1. The van der Waals surface area contributed by atoms with Crippen LogP contribution in [0.5, 0.6) is 5.75 Å².